The van der Waals surface area contributed by atoms with Gasteiger partial charge in [-0.1, -0.05) is 24.3 Å². The van der Waals surface area contributed by atoms with E-state index < -0.39 is 0 Å². The Hall–Kier alpha value is -2.43. The van der Waals surface area contributed by atoms with E-state index >= 15 is 0 Å². The van der Waals surface area contributed by atoms with Crippen LogP contribution in [-0.4, -0.2) is 32.6 Å². The zero-order chi connectivity index (χ0) is 16.2. The first-order valence-electron chi connectivity index (χ1n) is 8.02. The van der Waals surface area contributed by atoms with Crippen molar-refractivity contribution in [3.8, 4) is 5.69 Å². The molecule has 5 heteroatoms. The number of aromatic nitrogens is 3. The van der Waals surface area contributed by atoms with Crippen molar-refractivity contribution in [1.82, 2.24) is 19.7 Å². The topological polar surface area (TPSA) is 51.0 Å². The van der Waals surface area contributed by atoms with Gasteiger partial charge in [0.2, 0.25) is 5.91 Å². The molecule has 0 fully saturated rings. The Morgan fingerprint density at radius 3 is 2.78 bits per heavy atom. The lowest BCUT2D eigenvalue weighted by atomic mass is 10.0. The third-order valence-corrected chi connectivity index (χ3v) is 4.58. The maximum atomic E-state index is 12.4. The predicted molar refractivity (Wildman–Crippen MR) is 89.0 cm³/mol. The molecule has 0 unspecified atom stereocenters. The monoisotopic (exact) mass is 310 g/mol. The Kier molecular flexibility index (Phi) is 4.55. The average Bonchev–Trinajstić information content (AvgIpc) is 3.27. The number of benzene rings is 1. The number of carbonyl (C=O) groups excluding carboxylic acids is 1. The molecule has 0 bridgehead atoms. The maximum Gasteiger partial charge on any atom is 0.223 e. The third-order valence-electron chi connectivity index (χ3n) is 4.58. The molecule has 0 aliphatic heterocycles. The van der Waals surface area contributed by atoms with E-state index in [9.17, 15) is 4.79 Å². The minimum Gasteiger partial charge on any atom is -0.339 e. The smallest absolute Gasteiger partial charge is 0.223 e. The molecule has 23 heavy (non-hydrogen) atoms. The molecule has 2 aromatic rings. The first-order valence-corrected chi connectivity index (χ1v) is 8.02. The van der Waals surface area contributed by atoms with E-state index in [-0.39, 0.29) is 11.9 Å². The second-order valence-electron chi connectivity index (χ2n) is 6.08. The van der Waals surface area contributed by atoms with Gasteiger partial charge in [-0.05, 0) is 43.4 Å². The van der Waals surface area contributed by atoms with Crippen molar-refractivity contribution in [2.75, 3.05) is 7.05 Å². The van der Waals surface area contributed by atoms with Crippen molar-refractivity contribution < 1.29 is 4.79 Å². The van der Waals surface area contributed by atoms with E-state index in [0.717, 1.165) is 24.1 Å². The zero-order valence-corrected chi connectivity index (χ0v) is 13.6. The van der Waals surface area contributed by atoms with Gasteiger partial charge in [-0.2, -0.15) is 5.10 Å². The molecule has 1 aliphatic carbocycles. The number of hydrogen-bond acceptors (Lipinski definition) is 3. The first-order chi connectivity index (χ1) is 11.1. The fourth-order valence-corrected chi connectivity index (χ4v) is 2.92. The van der Waals surface area contributed by atoms with Crippen LogP contribution in [0.4, 0.5) is 0 Å². The number of rotatable bonds is 5. The summed E-state index contributed by atoms with van der Waals surface area (Å²) >= 11 is 0. The Morgan fingerprint density at radius 1 is 1.39 bits per heavy atom. The lowest BCUT2D eigenvalue weighted by Gasteiger charge is -2.26. The summed E-state index contributed by atoms with van der Waals surface area (Å²) in [6, 6.07) is 8.14. The van der Waals surface area contributed by atoms with Gasteiger partial charge >= 0.3 is 0 Å². The van der Waals surface area contributed by atoms with Gasteiger partial charge in [0, 0.05) is 13.5 Å². The number of amides is 1. The fraction of sp³-hybridized carbons (Fsp3) is 0.389. The van der Waals surface area contributed by atoms with E-state index in [1.54, 1.807) is 11.0 Å². The predicted octanol–water partition coefficient (Wildman–Crippen LogP) is 3.14. The van der Waals surface area contributed by atoms with Crippen LogP contribution < -0.4 is 0 Å². The Balaban J connectivity index is 1.65. The first kappa shape index (κ1) is 15.5. The summed E-state index contributed by atoms with van der Waals surface area (Å²) in [5.74, 6) is 0.612. The molecule has 120 valence electrons. The van der Waals surface area contributed by atoms with Crippen LogP contribution in [0.5, 0.6) is 0 Å². The molecule has 0 saturated carbocycles. The van der Waals surface area contributed by atoms with Crippen LogP contribution in [0.2, 0.25) is 0 Å². The average molecular weight is 310 g/mol. The number of hydrogen-bond donors (Lipinski definition) is 0. The summed E-state index contributed by atoms with van der Waals surface area (Å²) < 4.78 is 1.72. The van der Waals surface area contributed by atoms with Gasteiger partial charge in [0.25, 0.3) is 0 Å². The summed E-state index contributed by atoms with van der Waals surface area (Å²) in [5.41, 5.74) is 2.08. The second-order valence-corrected chi connectivity index (χ2v) is 6.08. The molecular formula is C18H22N4O. The van der Waals surface area contributed by atoms with Gasteiger partial charge < -0.3 is 4.90 Å². The summed E-state index contributed by atoms with van der Waals surface area (Å²) in [5, 5.41) is 4.12. The normalized spacial score (nSPS) is 18.1. The molecule has 1 aliphatic rings. The molecule has 2 atom stereocenters. The highest BCUT2D eigenvalue weighted by Gasteiger charge is 2.21. The summed E-state index contributed by atoms with van der Waals surface area (Å²) in [4.78, 5) is 18.2. The van der Waals surface area contributed by atoms with Gasteiger partial charge in [0.15, 0.2) is 0 Å². The molecule has 1 aromatic heterocycles. The quantitative estimate of drug-likeness (QED) is 0.797. The van der Waals surface area contributed by atoms with E-state index in [0.29, 0.717) is 12.3 Å². The van der Waals surface area contributed by atoms with Crippen LogP contribution in [0.25, 0.3) is 5.69 Å². The van der Waals surface area contributed by atoms with Gasteiger partial charge in [-0.3, -0.25) is 4.79 Å². The molecule has 0 N–H and O–H groups in total. The SMILES string of the molecule is C[C@@H](c1ccc(-n2cncn2)cc1)N(C)C(=O)C[C@H]1C=CCC1. The van der Waals surface area contributed by atoms with Crippen LogP contribution in [0.1, 0.15) is 37.8 Å². The minimum absolute atomic E-state index is 0.0534. The summed E-state index contributed by atoms with van der Waals surface area (Å²) in [6.07, 6.45) is 10.3. The maximum absolute atomic E-state index is 12.4. The Bertz CT molecular complexity index is 676. The zero-order valence-electron chi connectivity index (χ0n) is 13.6. The van der Waals surface area contributed by atoms with E-state index in [4.69, 9.17) is 0 Å². The van der Waals surface area contributed by atoms with Gasteiger partial charge in [0.05, 0.1) is 11.7 Å². The number of nitrogens with zero attached hydrogens (tertiary/aromatic N) is 4. The van der Waals surface area contributed by atoms with Gasteiger partial charge in [-0.15, -0.1) is 0 Å². The summed E-state index contributed by atoms with van der Waals surface area (Å²) in [7, 11) is 1.89. The van der Waals surface area contributed by atoms with Crippen molar-refractivity contribution in [2.45, 2.75) is 32.2 Å². The highest BCUT2D eigenvalue weighted by molar-refractivity contribution is 5.77. The van der Waals surface area contributed by atoms with Crippen LogP contribution in [0.15, 0.2) is 49.1 Å². The lowest BCUT2D eigenvalue weighted by molar-refractivity contribution is -0.132. The Morgan fingerprint density at radius 2 is 2.17 bits per heavy atom. The highest BCUT2D eigenvalue weighted by Crippen LogP contribution is 2.25. The number of carbonyl (C=O) groups is 1. The minimum atomic E-state index is 0.0534. The van der Waals surface area contributed by atoms with Gasteiger partial charge in [-0.25, -0.2) is 9.67 Å². The van der Waals surface area contributed by atoms with E-state index in [2.05, 4.69) is 29.2 Å². The lowest BCUT2D eigenvalue weighted by Crippen LogP contribution is -2.30. The molecule has 0 spiro atoms. The van der Waals surface area contributed by atoms with Crippen molar-refractivity contribution in [3.63, 3.8) is 0 Å². The van der Waals surface area contributed by atoms with Crippen molar-refractivity contribution in [3.05, 3.63) is 54.6 Å². The molecule has 1 heterocycles. The second kappa shape index (κ2) is 6.77. The molecular weight excluding hydrogens is 288 g/mol. The van der Waals surface area contributed by atoms with E-state index in [1.807, 2.05) is 36.2 Å². The van der Waals surface area contributed by atoms with Crippen molar-refractivity contribution >= 4 is 5.91 Å². The molecule has 1 amide bonds. The fourth-order valence-electron chi connectivity index (χ4n) is 2.92. The van der Waals surface area contributed by atoms with E-state index in [1.165, 1.54) is 6.33 Å². The van der Waals surface area contributed by atoms with Crippen LogP contribution in [0, 0.1) is 5.92 Å². The molecule has 5 nitrogen and oxygen atoms in total. The largest absolute Gasteiger partial charge is 0.339 e. The summed E-state index contributed by atoms with van der Waals surface area (Å²) in [6.45, 7) is 2.06. The Labute approximate surface area is 136 Å². The molecule has 1 aromatic carbocycles. The standard InChI is InChI=1S/C18H22N4O/c1-14(21(2)18(23)11-15-5-3-4-6-15)16-7-9-17(10-8-16)22-13-19-12-20-22/h3,5,7-10,12-15H,4,6,11H2,1-2H3/t14-,15-/m0/s1. The third kappa shape index (κ3) is 3.50. The van der Waals surface area contributed by atoms with Gasteiger partial charge in [0.1, 0.15) is 12.7 Å². The van der Waals surface area contributed by atoms with Crippen LogP contribution in [0.3, 0.4) is 0 Å². The van der Waals surface area contributed by atoms with Crippen molar-refractivity contribution in [2.24, 2.45) is 5.92 Å². The number of allylic oxidation sites excluding steroid dienone is 2. The highest BCUT2D eigenvalue weighted by atomic mass is 16.2. The molecule has 3 rings (SSSR count). The molecule has 0 radical (unpaired) electrons. The van der Waals surface area contributed by atoms with Crippen LogP contribution in [-0.2, 0) is 4.79 Å². The van der Waals surface area contributed by atoms with Crippen molar-refractivity contribution in [1.29, 1.82) is 0 Å². The van der Waals surface area contributed by atoms with Crippen LogP contribution >= 0.6 is 0 Å². The molecule has 0 saturated heterocycles.